The zero-order chi connectivity index (χ0) is 25.4. The number of rotatable bonds is 6. The van der Waals surface area contributed by atoms with Crippen LogP contribution in [0.3, 0.4) is 0 Å². The zero-order valence-electron chi connectivity index (χ0n) is 22.0. The summed E-state index contributed by atoms with van der Waals surface area (Å²) in [6.45, 7) is 10.3. The third-order valence-corrected chi connectivity index (χ3v) is 5.99. The first-order valence-electron chi connectivity index (χ1n) is 12.9. The summed E-state index contributed by atoms with van der Waals surface area (Å²) in [6.07, 6.45) is 8.41. The van der Waals surface area contributed by atoms with Crippen molar-refractivity contribution in [3.63, 3.8) is 0 Å². The number of para-hydroxylation sites is 1. The predicted molar refractivity (Wildman–Crippen MR) is 154 cm³/mol. The van der Waals surface area contributed by atoms with Crippen molar-refractivity contribution >= 4 is 5.69 Å². The summed E-state index contributed by atoms with van der Waals surface area (Å²) in [4.78, 5) is 4.82. The van der Waals surface area contributed by atoms with Gasteiger partial charge in [-0.05, 0) is 18.6 Å². The summed E-state index contributed by atoms with van der Waals surface area (Å²) in [5, 5.41) is 4.79. The minimum Gasteiger partial charge on any atom is -0.679 e. The molecule has 1 atom stereocenters. The molecule has 1 aliphatic carbocycles. The van der Waals surface area contributed by atoms with Gasteiger partial charge in [-0.2, -0.15) is 55.7 Å². The maximum atomic E-state index is 4.82. The Labute approximate surface area is 244 Å². The van der Waals surface area contributed by atoms with E-state index in [-0.39, 0.29) is 26.2 Å². The topological polar surface area (TPSA) is 27.0 Å². The van der Waals surface area contributed by atoms with E-state index in [0.29, 0.717) is 12.5 Å². The van der Waals surface area contributed by atoms with E-state index in [2.05, 4.69) is 69.7 Å². The minimum atomic E-state index is 0. The number of aromatic nitrogens is 1. The van der Waals surface area contributed by atoms with Gasteiger partial charge in [0.25, 0.3) is 0 Å². The van der Waals surface area contributed by atoms with Crippen LogP contribution >= 0.6 is 0 Å². The van der Waals surface area contributed by atoms with Crippen LogP contribution in [0.4, 0.5) is 5.69 Å². The molecule has 1 unspecified atom stereocenters. The summed E-state index contributed by atoms with van der Waals surface area (Å²) in [5.41, 5.74) is 6.88. The molecule has 0 aliphatic heterocycles. The van der Waals surface area contributed by atoms with Gasteiger partial charge in [-0.1, -0.05) is 80.8 Å². The van der Waals surface area contributed by atoms with Crippen molar-refractivity contribution in [1.29, 1.82) is 0 Å². The Morgan fingerprint density at radius 1 is 0.811 bits per heavy atom. The number of pyridine rings is 1. The standard InChI is InChI=1S/C20H24N2.2C7H7.Zr/c1-2-8-16-9-5-6-13-19(16)21-15-18-12-7-14-20(22-18)17-10-3-4-11-17;2*1-7-5-3-2-4-6-7;/h5-7,9-10,12-14,17H,2-4,8,11,15H2,1H3;2*2-6H,1H2;/q-2;2*-1;+4. The zero-order valence-corrected chi connectivity index (χ0v) is 24.5. The molecule has 3 heteroatoms. The Balaban J connectivity index is 0.000000262. The van der Waals surface area contributed by atoms with E-state index in [4.69, 9.17) is 10.3 Å². The third-order valence-electron chi connectivity index (χ3n) is 5.99. The van der Waals surface area contributed by atoms with E-state index in [1.54, 1.807) is 0 Å². The van der Waals surface area contributed by atoms with Crippen molar-refractivity contribution in [2.24, 2.45) is 0 Å². The molecule has 4 aromatic rings. The fourth-order valence-electron chi connectivity index (χ4n) is 4.10. The van der Waals surface area contributed by atoms with Crippen LogP contribution in [0.15, 0.2) is 103 Å². The van der Waals surface area contributed by atoms with Gasteiger partial charge in [0, 0.05) is 11.4 Å². The van der Waals surface area contributed by atoms with Crippen LogP contribution in [0.5, 0.6) is 0 Å². The molecule has 2 nitrogen and oxygen atoms in total. The van der Waals surface area contributed by atoms with Crippen LogP contribution in [0, 0.1) is 20.3 Å². The van der Waals surface area contributed by atoms with E-state index in [1.807, 2.05) is 60.7 Å². The second kappa shape index (κ2) is 17.6. The van der Waals surface area contributed by atoms with Crippen molar-refractivity contribution in [1.82, 2.24) is 4.98 Å². The predicted octanol–water partition coefficient (Wildman–Crippen LogP) is 9.45. The third kappa shape index (κ3) is 11.4. The molecule has 1 heterocycles. The molecular weight excluding hydrogens is 528 g/mol. The summed E-state index contributed by atoms with van der Waals surface area (Å²) < 4.78 is 0. The Kier molecular flexibility index (Phi) is 14.5. The molecule has 0 bridgehead atoms. The summed E-state index contributed by atoms with van der Waals surface area (Å²) in [5.74, 6) is 0.548. The molecule has 5 rings (SSSR count). The van der Waals surface area contributed by atoms with Gasteiger partial charge >= 0.3 is 26.2 Å². The van der Waals surface area contributed by atoms with Crippen LogP contribution in [0.25, 0.3) is 5.32 Å². The smallest absolute Gasteiger partial charge is 0.679 e. The molecule has 188 valence electrons. The van der Waals surface area contributed by atoms with Crippen molar-refractivity contribution in [2.45, 2.75) is 51.5 Å². The number of hydrogen-bond acceptors (Lipinski definition) is 1. The maximum absolute atomic E-state index is 4.82. The second-order valence-electron chi connectivity index (χ2n) is 8.99. The molecule has 1 saturated carbocycles. The number of aryl methyl sites for hydroxylation is 1. The van der Waals surface area contributed by atoms with Crippen LogP contribution in [0.1, 0.15) is 66.6 Å². The fraction of sp³-hybridized carbons (Fsp3) is 0.235. The van der Waals surface area contributed by atoms with Gasteiger partial charge in [-0.15, -0.1) is 35.9 Å². The minimum absolute atomic E-state index is 0. The van der Waals surface area contributed by atoms with Crippen LogP contribution in [0.2, 0.25) is 0 Å². The first kappa shape index (κ1) is 30.5. The molecule has 0 spiro atoms. The van der Waals surface area contributed by atoms with Gasteiger partial charge in [0.2, 0.25) is 0 Å². The SMILES string of the molecule is CCCc1ccccc1[N-]Cc1cccc(C2[CH-]CCC2)n1.[CH2-]c1ccccc1.[CH2-]c1ccccc1.[Zr+4]. The largest absolute Gasteiger partial charge is 4.00 e. The molecule has 0 saturated heterocycles. The van der Waals surface area contributed by atoms with E-state index in [1.165, 1.54) is 30.5 Å². The van der Waals surface area contributed by atoms with Crippen LogP contribution < -0.4 is 0 Å². The maximum Gasteiger partial charge on any atom is 4.00 e. The van der Waals surface area contributed by atoms with Gasteiger partial charge < -0.3 is 11.7 Å². The fourth-order valence-corrected chi connectivity index (χ4v) is 4.10. The van der Waals surface area contributed by atoms with Crippen LogP contribution in [-0.4, -0.2) is 4.98 Å². The molecule has 1 fully saturated rings. The van der Waals surface area contributed by atoms with Gasteiger partial charge in [0.1, 0.15) is 0 Å². The molecule has 0 N–H and O–H groups in total. The van der Waals surface area contributed by atoms with Gasteiger partial charge in [0.05, 0.1) is 0 Å². The Morgan fingerprint density at radius 2 is 1.43 bits per heavy atom. The molecule has 1 aromatic heterocycles. The average Bonchev–Trinajstić information content (AvgIpc) is 3.46. The molecule has 0 radical (unpaired) electrons. The van der Waals surface area contributed by atoms with Crippen molar-refractivity contribution in [2.75, 3.05) is 0 Å². The molecule has 1 aliphatic rings. The molecule has 3 aromatic carbocycles. The summed E-state index contributed by atoms with van der Waals surface area (Å²) in [7, 11) is 0. The van der Waals surface area contributed by atoms with Crippen LogP contribution in [-0.2, 0) is 39.2 Å². The Hall–Kier alpha value is -2.77. The average molecular weight is 566 g/mol. The van der Waals surface area contributed by atoms with Gasteiger partial charge in [0.15, 0.2) is 0 Å². The molecular formula is C34H38N2Zr. The van der Waals surface area contributed by atoms with E-state index in [9.17, 15) is 0 Å². The van der Waals surface area contributed by atoms with Crippen molar-refractivity contribution in [3.8, 4) is 0 Å². The molecule has 37 heavy (non-hydrogen) atoms. The monoisotopic (exact) mass is 564 g/mol. The van der Waals surface area contributed by atoms with Gasteiger partial charge in [-0.3, -0.25) is 4.98 Å². The van der Waals surface area contributed by atoms with E-state index < -0.39 is 0 Å². The summed E-state index contributed by atoms with van der Waals surface area (Å²) >= 11 is 0. The van der Waals surface area contributed by atoms with Gasteiger partial charge in [-0.25, -0.2) is 0 Å². The van der Waals surface area contributed by atoms with Crippen molar-refractivity contribution in [3.05, 3.63) is 157 Å². The second-order valence-corrected chi connectivity index (χ2v) is 8.99. The van der Waals surface area contributed by atoms with E-state index in [0.717, 1.165) is 35.3 Å². The quantitative estimate of drug-likeness (QED) is 0.214. The van der Waals surface area contributed by atoms with E-state index >= 15 is 0 Å². The Bertz CT molecular complexity index is 1090. The first-order valence-corrected chi connectivity index (χ1v) is 12.9. The van der Waals surface area contributed by atoms with Crippen molar-refractivity contribution < 1.29 is 26.2 Å². The number of nitrogens with zero attached hydrogens (tertiary/aromatic N) is 2. The summed E-state index contributed by atoms with van der Waals surface area (Å²) in [6, 6.07) is 34.6. The Morgan fingerprint density at radius 3 is 1.97 bits per heavy atom. The number of hydrogen-bond donors (Lipinski definition) is 0. The molecule has 0 amide bonds. The normalized spacial score (nSPS) is 13.7. The first-order chi connectivity index (χ1) is 17.7. The number of benzene rings is 3.